The summed E-state index contributed by atoms with van der Waals surface area (Å²) in [6, 6.07) is 22.7. The Balaban J connectivity index is 1.59. The van der Waals surface area contributed by atoms with Crippen molar-refractivity contribution in [1.29, 1.82) is 0 Å². The summed E-state index contributed by atoms with van der Waals surface area (Å²) in [6.45, 7) is 3.44. The summed E-state index contributed by atoms with van der Waals surface area (Å²) in [7, 11) is 0. The van der Waals surface area contributed by atoms with Crippen molar-refractivity contribution in [2.75, 3.05) is 0 Å². The summed E-state index contributed by atoms with van der Waals surface area (Å²) in [5.41, 5.74) is 4.78. The van der Waals surface area contributed by atoms with Gasteiger partial charge in [-0.25, -0.2) is 15.1 Å². The van der Waals surface area contributed by atoms with Gasteiger partial charge in [0.15, 0.2) is 5.82 Å². The molecule has 0 saturated carbocycles. The largest absolute Gasteiger partial charge is 0.341 e. The highest BCUT2D eigenvalue weighted by molar-refractivity contribution is 6.38. The second kappa shape index (κ2) is 11.9. The fourth-order valence-electron chi connectivity index (χ4n) is 3.64. The van der Waals surface area contributed by atoms with E-state index in [1.54, 1.807) is 38.4 Å². The van der Waals surface area contributed by atoms with E-state index in [1.165, 1.54) is 4.68 Å². The van der Waals surface area contributed by atoms with Crippen LogP contribution in [0.4, 0.5) is 0 Å². The molecule has 0 bridgehead atoms. The number of amides is 2. The number of nitrogens with one attached hydrogen (secondary N) is 2. The van der Waals surface area contributed by atoms with Gasteiger partial charge in [-0.15, -0.1) is 0 Å². The van der Waals surface area contributed by atoms with Gasteiger partial charge in [-0.05, 0) is 37.6 Å². The molecular weight excluding hydrogens is 470 g/mol. The van der Waals surface area contributed by atoms with Gasteiger partial charge in [0.05, 0.1) is 17.4 Å². The Bertz CT molecular complexity index is 1370. The number of nitrogens with zero attached hydrogens (tertiary/aromatic N) is 3. The number of carbonyl (C=O) groups excluding carboxylic acids is 3. The third-order valence-corrected chi connectivity index (χ3v) is 5.42. The number of hydrogen-bond donors (Lipinski definition) is 2. The molecule has 0 aliphatic carbocycles. The first-order valence-electron chi connectivity index (χ1n) is 11.8. The molecular formula is C28H27N5O4. The van der Waals surface area contributed by atoms with Gasteiger partial charge in [0.25, 0.3) is 5.91 Å². The van der Waals surface area contributed by atoms with Crippen molar-refractivity contribution in [2.24, 2.45) is 0 Å². The first kappa shape index (κ1) is 25.5. The fourth-order valence-corrected chi connectivity index (χ4v) is 3.64. The number of hydroxylamine groups is 1. The standard InChI is InChI=1S/C28H27N5O4/c1-19(2)37-32-28(36)25(34)24(18-20-10-5-3-6-11-20)30-27(35)22-14-9-16-29-26(22)33-17-15-23(31-33)21-12-7-4-8-13-21/h3-17,19,24H,18H2,1-2H3,(H,30,35)(H,32,36)/t24-/m1/s1. The number of hydrogen-bond acceptors (Lipinski definition) is 6. The summed E-state index contributed by atoms with van der Waals surface area (Å²) < 4.78 is 1.51. The molecule has 2 aromatic carbocycles. The molecule has 0 unspecified atom stereocenters. The van der Waals surface area contributed by atoms with Crippen molar-refractivity contribution in [3.63, 3.8) is 0 Å². The Kier molecular flexibility index (Phi) is 8.17. The molecule has 2 N–H and O–H groups in total. The van der Waals surface area contributed by atoms with Crippen LogP contribution in [-0.2, 0) is 20.8 Å². The summed E-state index contributed by atoms with van der Waals surface area (Å²) >= 11 is 0. The van der Waals surface area contributed by atoms with E-state index in [2.05, 4.69) is 20.9 Å². The number of ketones is 1. The monoisotopic (exact) mass is 497 g/mol. The van der Waals surface area contributed by atoms with Gasteiger partial charge in [0.1, 0.15) is 6.04 Å². The number of carbonyl (C=O) groups is 3. The minimum Gasteiger partial charge on any atom is -0.341 e. The summed E-state index contributed by atoms with van der Waals surface area (Å²) in [5.74, 6) is -2.04. The van der Waals surface area contributed by atoms with Crippen molar-refractivity contribution in [2.45, 2.75) is 32.4 Å². The Labute approximate surface area is 214 Å². The van der Waals surface area contributed by atoms with Crippen LogP contribution in [0.25, 0.3) is 17.1 Å². The molecule has 0 saturated heterocycles. The van der Waals surface area contributed by atoms with Crippen LogP contribution in [0.2, 0.25) is 0 Å². The summed E-state index contributed by atoms with van der Waals surface area (Å²) in [5, 5.41) is 7.28. The number of Topliss-reactive ketones (excluding diaryl/α,β-unsaturated/α-hetero) is 1. The van der Waals surface area contributed by atoms with Crippen LogP contribution < -0.4 is 10.8 Å². The average Bonchev–Trinajstić information content (AvgIpc) is 3.42. The van der Waals surface area contributed by atoms with Crippen molar-refractivity contribution < 1.29 is 19.2 Å². The summed E-state index contributed by atoms with van der Waals surface area (Å²) in [6.07, 6.45) is 3.08. The fraction of sp³-hybridized carbons (Fsp3) is 0.179. The van der Waals surface area contributed by atoms with E-state index < -0.39 is 23.6 Å². The van der Waals surface area contributed by atoms with Gasteiger partial charge < -0.3 is 5.32 Å². The van der Waals surface area contributed by atoms with Gasteiger partial charge in [0.2, 0.25) is 5.78 Å². The van der Waals surface area contributed by atoms with Crippen LogP contribution >= 0.6 is 0 Å². The Morgan fingerprint density at radius 1 is 0.919 bits per heavy atom. The van der Waals surface area contributed by atoms with Crippen LogP contribution in [0.15, 0.2) is 91.3 Å². The van der Waals surface area contributed by atoms with E-state index in [0.29, 0.717) is 5.82 Å². The zero-order chi connectivity index (χ0) is 26.2. The third kappa shape index (κ3) is 6.53. The molecule has 0 aliphatic rings. The Morgan fingerprint density at radius 2 is 1.62 bits per heavy atom. The zero-order valence-corrected chi connectivity index (χ0v) is 20.5. The highest BCUT2D eigenvalue weighted by atomic mass is 16.7. The second-order valence-corrected chi connectivity index (χ2v) is 8.56. The van der Waals surface area contributed by atoms with Crippen molar-refractivity contribution in [3.05, 3.63) is 102 Å². The van der Waals surface area contributed by atoms with Gasteiger partial charge in [-0.1, -0.05) is 60.7 Å². The van der Waals surface area contributed by atoms with Crippen molar-refractivity contribution >= 4 is 17.6 Å². The second-order valence-electron chi connectivity index (χ2n) is 8.56. The van der Waals surface area contributed by atoms with E-state index in [0.717, 1.165) is 16.8 Å². The van der Waals surface area contributed by atoms with E-state index >= 15 is 0 Å². The molecule has 37 heavy (non-hydrogen) atoms. The minimum atomic E-state index is -1.13. The smallest absolute Gasteiger partial charge is 0.313 e. The first-order valence-corrected chi connectivity index (χ1v) is 11.8. The lowest BCUT2D eigenvalue weighted by Gasteiger charge is -2.19. The van der Waals surface area contributed by atoms with Crippen LogP contribution in [0.1, 0.15) is 29.8 Å². The number of benzene rings is 2. The molecule has 9 nitrogen and oxygen atoms in total. The SMILES string of the molecule is CC(C)ONC(=O)C(=O)[C@@H](Cc1ccccc1)NC(=O)c1cccnc1-n1ccc(-c2ccccc2)n1. The maximum atomic E-state index is 13.4. The van der Waals surface area contributed by atoms with Crippen LogP contribution in [0, 0.1) is 0 Å². The van der Waals surface area contributed by atoms with E-state index in [9.17, 15) is 14.4 Å². The average molecular weight is 498 g/mol. The molecule has 2 aromatic heterocycles. The Morgan fingerprint density at radius 3 is 2.32 bits per heavy atom. The van der Waals surface area contributed by atoms with Crippen LogP contribution in [0.5, 0.6) is 0 Å². The van der Waals surface area contributed by atoms with E-state index in [4.69, 9.17) is 4.84 Å². The highest BCUT2D eigenvalue weighted by Gasteiger charge is 2.29. The van der Waals surface area contributed by atoms with E-state index in [1.807, 2.05) is 66.7 Å². The maximum Gasteiger partial charge on any atom is 0.313 e. The predicted octanol–water partition coefficient (Wildman–Crippen LogP) is 3.30. The molecule has 0 spiro atoms. The molecule has 2 heterocycles. The predicted molar refractivity (Wildman–Crippen MR) is 138 cm³/mol. The van der Waals surface area contributed by atoms with Gasteiger partial charge >= 0.3 is 5.91 Å². The third-order valence-electron chi connectivity index (χ3n) is 5.42. The maximum absolute atomic E-state index is 13.4. The minimum absolute atomic E-state index is 0.121. The molecule has 4 rings (SSSR count). The number of aromatic nitrogens is 3. The molecule has 0 radical (unpaired) electrons. The molecule has 2 amide bonds. The van der Waals surface area contributed by atoms with Crippen molar-refractivity contribution in [1.82, 2.24) is 25.6 Å². The van der Waals surface area contributed by atoms with Gasteiger partial charge in [0, 0.05) is 24.4 Å². The first-order chi connectivity index (χ1) is 17.9. The zero-order valence-electron chi connectivity index (χ0n) is 20.5. The highest BCUT2D eigenvalue weighted by Crippen LogP contribution is 2.19. The molecule has 0 fully saturated rings. The number of pyridine rings is 1. The summed E-state index contributed by atoms with van der Waals surface area (Å²) in [4.78, 5) is 48.3. The molecule has 4 aromatic rings. The van der Waals surface area contributed by atoms with E-state index in [-0.39, 0.29) is 18.1 Å². The van der Waals surface area contributed by atoms with Gasteiger partial charge in [-0.3, -0.25) is 19.2 Å². The molecule has 1 atom stereocenters. The topological polar surface area (TPSA) is 115 Å². The molecule has 9 heteroatoms. The van der Waals surface area contributed by atoms with Crippen molar-refractivity contribution in [3.8, 4) is 17.1 Å². The lowest BCUT2D eigenvalue weighted by Crippen LogP contribution is -2.49. The molecule has 0 aliphatic heterocycles. The normalized spacial score (nSPS) is 11.6. The quantitative estimate of drug-likeness (QED) is 0.257. The van der Waals surface area contributed by atoms with Crippen LogP contribution in [-0.4, -0.2) is 44.5 Å². The number of rotatable bonds is 10. The Hall–Kier alpha value is -4.63. The lowest BCUT2D eigenvalue weighted by atomic mass is 10.0. The molecule has 188 valence electrons. The van der Waals surface area contributed by atoms with Gasteiger partial charge in [-0.2, -0.15) is 5.10 Å². The lowest BCUT2D eigenvalue weighted by molar-refractivity contribution is -0.149. The van der Waals surface area contributed by atoms with Crippen LogP contribution in [0.3, 0.4) is 0 Å².